The SMILES string of the molecule is O=[N+]([O-])c1c2n(cnc1=NCCCl)CCN2. The monoisotopic (exact) mass is 243 g/mol. The van der Waals surface area contributed by atoms with E-state index in [0.717, 1.165) is 0 Å². The van der Waals surface area contributed by atoms with Gasteiger partial charge >= 0.3 is 5.69 Å². The first kappa shape index (κ1) is 10.9. The minimum Gasteiger partial charge on any atom is -0.364 e. The first-order chi connectivity index (χ1) is 7.74. The van der Waals surface area contributed by atoms with E-state index in [1.807, 2.05) is 0 Å². The molecule has 0 radical (unpaired) electrons. The number of hydrogen-bond donors (Lipinski definition) is 1. The molecule has 0 saturated carbocycles. The molecular formula is C8H10ClN5O2. The number of aromatic nitrogens is 2. The van der Waals surface area contributed by atoms with Crippen LogP contribution in [-0.2, 0) is 6.54 Å². The van der Waals surface area contributed by atoms with Gasteiger partial charge in [-0.15, -0.1) is 11.6 Å². The zero-order chi connectivity index (χ0) is 11.5. The molecule has 2 heterocycles. The highest BCUT2D eigenvalue weighted by Crippen LogP contribution is 2.21. The summed E-state index contributed by atoms with van der Waals surface area (Å²) in [4.78, 5) is 18.4. The summed E-state index contributed by atoms with van der Waals surface area (Å²) in [7, 11) is 0. The normalized spacial score (nSPS) is 14.7. The molecule has 2 rings (SSSR count). The van der Waals surface area contributed by atoms with Crippen molar-refractivity contribution >= 4 is 23.1 Å². The highest BCUT2D eigenvalue weighted by molar-refractivity contribution is 6.18. The molecule has 8 heteroatoms. The molecule has 1 aromatic heterocycles. The summed E-state index contributed by atoms with van der Waals surface area (Å²) in [6.07, 6.45) is 1.55. The average Bonchev–Trinajstić information content (AvgIpc) is 2.72. The lowest BCUT2D eigenvalue weighted by atomic mass is 10.4. The van der Waals surface area contributed by atoms with E-state index in [-0.39, 0.29) is 11.2 Å². The van der Waals surface area contributed by atoms with Gasteiger partial charge in [0.15, 0.2) is 5.82 Å². The third kappa shape index (κ3) is 1.85. The molecule has 86 valence electrons. The number of fused-ring (bicyclic) bond motifs is 1. The van der Waals surface area contributed by atoms with E-state index >= 15 is 0 Å². The number of hydrogen-bond acceptors (Lipinski definition) is 5. The third-order valence-corrected chi connectivity index (χ3v) is 2.39. The number of rotatable bonds is 3. The maximum Gasteiger partial charge on any atom is 0.353 e. The fraction of sp³-hybridized carbons (Fsp3) is 0.500. The Morgan fingerprint density at radius 1 is 1.75 bits per heavy atom. The van der Waals surface area contributed by atoms with E-state index in [9.17, 15) is 10.1 Å². The lowest BCUT2D eigenvalue weighted by Gasteiger charge is -2.02. The van der Waals surface area contributed by atoms with Crippen molar-refractivity contribution in [2.45, 2.75) is 6.54 Å². The first-order valence-electron chi connectivity index (χ1n) is 4.78. The van der Waals surface area contributed by atoms with Crippen LogP contribution < -0.4 is 10.8 Å². The summed E-state index contributed by atoms with van der Waals surface area (Å²) in [5.41, 5.74) is 0.0522. The number of nitrogens with zero attached hydrogens (tertiary/aromatic N) is 4. The predicted molar refractivity (Wildman–Crippen MR) is 58.5 cm³/mol. The molecule has 0 unspecified atom stereocenters. The quantitative estimate of drug-likeness (QED) is 0.472. The average molecular weight is 244 g/mol. The molecule has 0 amide bonds. The van der Waals surface area contributed by atoms with Gasteiger partial charge in [-0.05, 0) is 0 Å². The Hall–Kier alpha value is -1.63. The van der Waals surface area contributed by atoms with Crippen molar-refractivity contribution in [3.63, 3.8) is 0 Å². The van der Waals surface area contributed by atoms with Gasteiger partial charge in [0.2, 0.25) is 5.49 Å². The minimum absolute atomic E-state index is 0.0786. The number of nitro groups is 1. The van der Waals surface area contributed by atoms with E-state index in [0.29, 0.717) is 31.3 Å². The van der Waals surface area contributed by atoms with Gasteiger partial charge in [-0.25, -0.2) is 4.98 Å². The fourth-order valence-electron chi connectivity index (χ4n) is 1.57. The van der Waals surface area contributed by atoms with Crippen molar-refractivity contribution in [2.75, 3.05) is 24.3 Å². The van der Waals surface area contributed by atoms with Gasteiger partial charge in [0.1, 0.15) is 0 Å². The molecule has 0 aliphatic carbocycles. The van der Waals surface area contributed by atoms with E-state index in [4.69, 9.17) is 11.6 Å². The predicted octanol–water partition coefficient (Wildman–Crippen LogP) is 0.356. The Morgan fingerprint density at radius 2 is 2.56 bits per heavy atom. The molecule has 0 fully saturated rings. The van der Waals surface area contributed by atoms with Crippen molar-refractivity contribution in [1.82, 2.24) is 9.55 Å². The molecule has 7 nitrogen and oxygen atoms in total. The lowest BCUT2D eigenvalue weighted by molar-refractivity contribution is -0.385. The Kier molecular flexibility index (Phi) is 3.04. The number of halogens is 1. The van der Waals surface area contributed by atoms with Crippen LogP contribution in [0.4, 0.5) is 11.5 Å². The van der Waals surface area contributed by atoms with Crippen LogP contribution >= 0.6 is 11.6 Å². The van der Waals surface area contributed by atoms with Crippen molar-refractivity contribution in [2.24, 2.45) is 4.99 Å². The van der Waals surface area contributed by atoms with E-state index in [2.05, 4.69) is 15.3 Å². The molecule has 1 aliphatic rings. The van der Waals surface area contributed by atoms with Crippen molar-refractivity contribution in [3.05, 3.63) is 21.9 Å². The zero-order valence-corrected chi connectivity index (χ0v) is 9.15. The Balaban J connectivity index is 2.58. The van der Waals surface area contributed by atoms with Gasteiger partial charge in [-0.1, -0.05) is 0 Å². The van der Waals surface area contributed by atoms with Crippen LogP contribution in [0.1, 0.15) is 0 Å². The van der Waals surface area contributed by atoms with Gasteiger partial charge in [-0.2, -0.15) is 0 Å². The Labute approximate surface area is 95.9 Å². The van der Waals surface area contributed by atoms with Crippen LogP contribution in [-0.4, -0.2) is 33.4 Å². The van der Waals surface area contributed by atoms with Gasteiger partial charge in [0.05, 0.1) is 17.8 Å². The molecule has 0 spiro atoms. The summed E-state index contributed by atoms with van der Waals surface area (Å²) >= 11 is 5.49. The summed E-state index contributed by atoms with van der Waals surface area (Å²) in [5, 5.41) is 13.9. The van der Waals surface area contributed by atoms with Gasteiger partial charge in [0.25, 0.3) is 0 Å². The van der Waals surface area contributed by atoms with E-state index in [1.54, 1.807) is 10.9 Å². The van der Waals surface area contributed by atoms with E-state index < -0.39 is 4.92 Å². The van der Waals surface area contributed by atoms with Gasteiger partial charge < -0.3 is 9.88 Å². The van der Waals surface area contributed by atoms with Crippen LogP contribution in [0.25, 0.3) is 0 Å². The maximum absolute atomic E-state index is 11.0. The molecule has 16 heavy (non-hydrogen) atoms. The lowest BCUT2D eigenvalue weighted by Crippen LogP contribution is -2.18. The van der Waals surface area contributed by atoms with Gasteiger partial charge in [0, 0.05) is 19.0 Å². The fourth-order valence-corrected chi connectivity index (χ4v) is 1.65. The summed E-state index contributed by atoms with van der Waals surface area (Å²) in [5.74, 6) is 0.782. The highest BCUT2D eigenvalue weighted by Gasteiger charge is 2.24. The zero-order valence-electron chi connectivity index (χ0n) is 8.39. The minimum atomic E-state index is -0.468. The van der Waals surface area contributed by atoms with Crippen molar-refractivity contribution in [1.29, 1.82) is 0 Å². The third-order valence-electron chi connectivity index (χ3n) is 2.22. The molecule has 0 aromatic carbocycles. The molecular weight excluding hydrogens is 234 g/mol. The summed E-state index contributed by atoms with van der Waals surface area (Å²) < 4.78 is 1.71. The molecule has 1 aromatic rings. The first-order valence-corrected chi connectivity index (χ1v) is 5.31. The standard InChI is InChI=1S/C8H10ClN5O2/c9-1-2-10-7-6(14(15)16)8-11-3-4-13(8)5-12-7/h5,11H,1-4H2. The smallest absolute Gasteiger partial charge is 0.353 e. The van der Waals surface area contributed by atoms with Crippen molar-refractivity contribution in [3.8, 4) is 0 Å². The molecule has 0 atom stereocenters. The van der Waals surface area contributed by atoms with Crippen LogP contribution in [0.15, 0.2) is 11.3 Å². The molecule has 0 saturated heterocycles. The highest BCUT2D eigenvalue weighted by atomic mass is 35.5. The van der Waals surface area contributed by atoms with Crippen LogP contribution in [0.5, 0.6) is 0 Å². The second-order valence-corrected chi connectivity index (χ2v) is 3.59. The van der Waals surface area contributed by atoms with Crippen LogP contribution in [0.2, 0.25) is 0 Å². The van der Waals surface area contributed by atoms with E-state index in [1.165, 1.54) is 0 Å². The van der Waals surface area contributed by atoms with Gasteiger partial charge in [-0.3, -0.25) is 15.1 Å². The second-order valence-electron chi connectivity index (χ2n) is 3.21. The molecule has 0 bridgehead atoms. The summed E-state index contributed by atoms with van der Waals surface area (Å²) in [6, 6.07) is 0. The second kappa shape index (κ2) is 4.48. The molecule has 1 aliphatic heterocycles. The number of alkyl halides is 1. The maximum atomic E-state index is 11.0. The topological polar surface area (TPSA) is 85.3 Å². The molecule has 1 N–H and O–H groups in total. The summed E-state index contributed by atoms with van der Waals surface area (Å²) in [6.45, 7) is 1.67. The Morgan fingerprint density at radius 3 is 3.25 bits per heavy atom. The largest absolute Gasteiger partial charge is 0.364 e. The number of anilines is 1. The van der Waals surface area contributed by atoms with Crippen molar-refractivity contribution < 1.29 is 4.92 Å². The number of nitrogens with one attached hydrogen (secondary N) is 1. The van der Waals surface area contributed by atoms with Crippen LogP contribution in [0, 0.1) is 10.1 Å². The Bertz CT molecular complexity index is 484. The van der Waals surface area contributed by atoms with Crippen LogP contribution in [0.3, 0.4) is 0 Å².